The Morgan fingerprint density at radius 1 is 1.19 bits per heavy atom. The van der Waals surface area contributed by atoms with Crippen molar-refractivity contribution >= 4 is 17.1 Å². The summed E-state index contributed by atoms with van der Waals surface area (Å²) < 4.78 is 0. The van der Waals surface area contributed by atoms with E-state index < -0.39 is 0 Å². The lowest BCUT2D eigenvalue weighted by atomic mass is 9.94. The minimum Gasteiger partial charge on any atom is -0.350 e. The fourth-order valence-corrected chi connectivity index (χ4v) is 3.74. The molecule has 26 heavy (non-hydrogen) atoms. The predicted octanol–water partition coefficient (Wildman–Crippen LogP) is 1.08. The Kier molecular flexibility index (Phi) is 3.88. The second-order valence-electron chi connectivity index (χ2n) is 7.08. The Morgan fingerprint density at radius 2 is 1.88 bits per heavy atom. The molecule has 7 nitrogen and oxygen atoms in total. The van der Waals surface area contributed by atoms with Crippen LogP contribution in [0.1, 0.15) is 21.5 Å². The van der Waals surface area contributed by atoms with Crippen LogP contribution in [0.3, 0.4) is 0 Å². The van der Waals surface area contributed by atoms with E-state index in [1.807, 2.05) is 14.1 Å². The van der Waals surface area contributed by atoms with Crippen molar-refractivity contribution in [2.75, 3.05) is 20.6 Å². The average molecular weight is 351 g/mol. The summed E-state index contributed by atoms with van der Waals surface area (Å²) in [4.78, 5) is 35.8. The van der Waals surface area contributed by atoms with Gasteiger partial charge >= 0.3 is 5.69 Å². The number of aromatic nitrogens is 3. The molecule has 0 spiro atoms. The van der Waals surface area contributed by atoms with Crippen molar-refractivity contribution in [1.82, 2.24) is 25.2 Å². The fraction of sp³-hybridized carbons (Fsp3) is 0.316. The number of hydrogen-bond acceptors (Lipinski definition) is 4. The molecule has 0 radical (unpaired) electrons. The molecular formula is C19H21N5O2. The molecule has 0 aliphatic heterocycles. The quantitative estimate of drug-likeness (QED) is 0.656. The summed E-state index contributed by atoms with van der Waals surface area (Å²) in [6.45, 7) is 0.520. The first-order valence-electron chi connectivity index (χ1n) is 8.58. The van der Waals surface area contributed by atoms with Gasteiger partial charge in [0.25, 0.3) is 5.91 Å². The summed E-state index contributed by atoms with van der Waals surface area (Å²) in [5.41, 5.74) is 3.37. The Morgan fingerprint density at radius 3 is 2.54 bits per heavy atom. The number of rotatable bonds is 4. The number of H-pyrrole nitrogens is 2. The first-order chi connectivity index (χ1) is 12.5. The Balaban J connectivity index is 1.57. The van der Waals surface area contributed by atoms with Crippen LogP contribution in [0.15, 0.2) is 41.3 Å². The Hall–Kier alpha value is -2.93. The van der Waals surface area contributed by atoms with Crippen molar-refractivity contribution in [1.29, 1.82) is 0 Å². The molecule has 0 saturated carbocycles. The number of nitrogens with zero attached hydrogens (tertiary/aromatic N) is 2. The highest BCUT2D eigenvalue weighted by Crippen LogP contribution is 2.33. The van der Waals surface area contributed by atoms with Crippen LogP contribution in [0, 0.1) is 0 Å². The third kappa shape index (κ3) is 2.70. The Bertz CT molecular complexity index is 1010. The van der Waals surface area contributed by atoms with E-state index >= 15 is 0 Å². The zero-order valence-electron chi connectivity index (χ0n) is 14.8. The number of benzene rings is 1. The number of pyridine rings is 1. The smallest absolute Gasteiger partial charge is 0.325 e. The third-order valence-corrected chi connectivity index (χ3v) is 5.35. The number of aromatic amines is 2. The van der Waals surface area contributed by atoms with Crippen LogP contribution in [0.4, 0.5) is 0 Å². The number of carbonyl (C=O) groups excluding carboxylic acids is 1. The van der Waals surface area contributed by atoms with Crippen molar-refractivity contribution in [2.45, 2.75) is 18.4 Å². The molecule has 1 aliphatic carbocycles. The van der Waals surface area contributed by atoms with Crippen LogP contribution in [-0.4, -0.2) is 51.9 Å². The van der Waals surface area contributed by atoms with Crippen molar-refractivity contribution in [2.24, 2.45) is 0 Å². The van der Waals surface area contributed by atoms with E-state index in [4.69, 9.17) is 0 Å². The van der Waals surface area contributed by atoms with Crippen LogP contribution in [0.25, 0.3) is 11.2 Å². The molecule has 7 heteroatoms. The molecule has 1 aromatic carbocycles. The predicted molar refractivity (Wildman–Crippen MR) is 99.3 cm³/mol. The standard InChI is InChI=1S/C19H21N5O2/c1-24(2)19(9-12-5-3-4-6-13(12)10-19)11-21-17(25)14-7-8-20-16-15(14)22-18(26)23-16/h3-8H,9-11H2,1-2H3,(H,21,25)(H2,20,22,23,26). The lowest BCUT2D eigenvalue weighted by Gasteiger charge is -2.36. The van der Waals surface area contributed by atoms with Crippen molar-refractivity contribution in [3.05, 3.63) is 63.7 Å². The maximum atomic E-state index is 12.8. The zero-order valence-corrected chi connectivity index (χ0v) is 14.8. The van der Waals surface area contributed by atoms with Crippen molar-refractivity contribution < 1.29 is 4.79 Å². The number of fused-ring (bicyclic) bond motifs is 2. The van der Waals surface area contributed by atoms with Crippen LogP contribution in [0.5, 0.6) is 0 Å². The summed E-state index contributed by atoms with van der Waals surface area (Å²) in [5.74, 6) is -0.218. The fourth-order valence-electron chi connectivity index (χ4n) is 3.74. The zero-order chi connectivity index (χ0) is 18.3. The molecular weight excluding hydrogens is 330 g/mol. The van der Waals surface area contributed by atoms with Gasteiger partial charge in [-0.3, -0.25) is 9.78 Å². The monoisotopic (exact) mass is 351 g/mol. The molecule has 0 atom stereocenters. The molecule has 0 saturated heterocycles. The van der Waals surface area contributed by atoms with Gasteiger partial charge in [0.05, 0.1) is 11.1 Å². The van der Waals surface area contributed by atoms with E-state index in [0.29, 0.717) is 23.3 Å². The molecule has 2 heterocycles. The molecule has 2 aromatic heterocycles. The van der Waals surface area contributed by atoms with Crippen LogP contribution in [-0.2, 0) is 12.8 Å². The molecule has 0 unspecified atom stereocenters. The average Bonchev–Trinajstić information content (AvgIpc) is 3.19. The SMILES string of the molecule is CN(C)C1(CNC(=O)c2ccnc3[nH]c(=O)[nH]c23)Cc2ccccc2C1. The maximum absolute atomic E-state index is 12.8. The maximum Gasteiger partial charge on any atom is 0.325 e. The van der Waals surface area contributed by atoms with E-state index in [-0.39, 0.29) is 17.1 Å². The lowest BCUT2D eigenvalue weighted by molar-refractivity contribution is 0.0904. The highest BCUT2D eigenvalue weighted by Gasteiger charge is 2.39. The van der Waals surface area contributed by atoms with Gasteiger partial charge in [0.1, 0.15) is 0 Å². The first-order valence-corrected chi connectivity index (χ1v) is 8.58. The van der Waals surface area contributed by atoms with Gasteiger partial charge in [-0.05, 0) is 44.1 Å². The molecule has 3 aromatic rings. The van der Waals surface area contributed by atoms with Crippen molar-refractivity contribution in [3.8, 4) is 0 Å². The summed E-state index contributed by atoms with van der Waals surface area (Å²) in [5, 5.41) is 3.06. The van der Waals surface area contributed by atoms with Gasteiger partial charge in [0, 0.05) is 18.3 Å². The van der Waals surface area contributed by atoms with Crippen LogP contribution < -0.4 is 11.0 Å². The largest absolute Gasteiger partial charge is 0.350 e. The second kappa shape index (κ2) is 6.10. The number of imidazole rings is 1. The number of carbonyl (C=O) groups is 1. The van der Waals surface area contributed by atoms with Crippen molar-refractivity contribution in [3.63, 3.8) is 0 Å². The van der Waals surface area contributed by atoms with E-state index in [1.54, 1.807) is 6.07 Å². The molecule has 1 aliphatic rings. The van der Waals surface area contributed by atoms with Crippen LogP contribution in [0.2, 0.25) is 0 Å². The summed E-state index contributed by atoms with van der Waals surface area (Å²) in [6.07, 6.45) is 3.31. The summed E-state index contributed by atoms with van der Waals surface area (Å²) in [7, 11) is 4.10. The van der Waals surface area contributed by atoms with Gasteiger partial charge in [0.2, 0.25) is 0 Å². The van der Waals surface area contributed by atoms with Crippen LogP contribution >= 0.6 is 0 Å². The highest BCUT2D eigenvalue weighted by molar-refractivity contribution is 6.03. The van der Waals surface area contributed by atoms with E-state index in [1.165, 1.54) is 17.3 Å². The molecule has 0 bridgehead atoms. The molecule has 134 valence electrons. The topological polar surface area (TPSA) is 93.9 Å². The molecule has 0 fully saturated rings. The first kappa shape index (κ1) is 16.5. The summed E-state index contributed by atoms with van der Waals surface area (Å²) >= 11 is 0. The van der Waals surface area contributed by atoms with Gasteiger partial charge in [-0.1, -0.05) is 24.3 Å². The second-order valence-corrected chi connectivity index (χ2v) is 7.08. The lowest BCUT2D eigenvalue weighted by Crippen LogP contribution is -2.53. The molecule has 4 rings (SSSR count). The number of hydrogen-bond donors (Lipinski definition) is 3. The van der Waals surface area contributed by atoms with E-state index in [0.717, 1.165) is 12.8 Å². The third-order valence-electron chi connectivity index (χ3n) is 5.35. The van der Waals surface area contributed by atoms with Gasteiger partial charge in [-0.15, -0.1) is 0 Å². The molecule has 1 amide bonds. The minimum atomic E-state index is -0.372. The minimum absolute atomic E-state index is 0.156. The van der Waals surface area contributed by atoms with Gasteiger partial charge in [0.15, 0.2) is 5.65 Å². The van der Waals surface area contributed by atoms with E-state index in [9.17, 15) is 9.59 Å². The van der Waals surface area contributed by atoms with Gasteiger partial charge in [-0.2, -0.15) is 0 Å². The van der Waals surface area contributed by atoms with Gasteiger partial charge < -0.3 is 15.2 Å². The highest BCUT2D eigenvalue weighted by atomic mass is 16.2. The summed E-state index contributed by atoms with van der Waals surface area (Å²) in [6, 6.07) is 10.0. The van der Waals surface area contributed by atoms with E-state index in [2.05, 4.69) is 49.4 Å². The molecule has 3 N–H and O–H groups in total. The van der Waals surface area contributed by atoms with Gasteiger partial charge in [-0.25, -0.2) is 9.78 Å². The number of likely N-dealkylation sites (N-methyl/N-ethyl adjacent to an activating group) is 1. The normalized spacial score (nSPS) is 15.3. The Labute approximate surface area is 150 Å². The number of nitrogens with one attached hydrogen (secondary N) is 3. The number of amides is 1.